The van der Waals surface area contributed by atoms with Crippen molar-refractivity contribution in [2.24, 2.45) is 11.8 Å². The molecule has 0 bridgehead atoms. The maximum Gasteiger partial charge on any atom is 0.272 e. The Balaban J connectivity index is 1.72. The van der Waals surface area contributed by atoms with Crippen LogP contribution in [-0.4, -0.2) is 52.9 Å². The minimum absolute atomic E-state index is 0.0283. The van der Waals surface area contributed by atoms with E-state index < -0.39 is 0 Å². The van der Waals surface area contributed by atoms with Crippen LogP contribution in [0.25, 0.3) is 0 Å². The molecule has 1 atom stereocenters. The minimum atomic E-state index is 0.0283. The standard InChI is InChI=1S/C18H26ClN3O/c1-13(2)17-12-22(9-3-8-21(17)11-14-4-5-14)18(23)16-7-6-15(19)10-20-16/h6-7,10,13-14,17H,3-5,8-9,11-12H2,1-2H3/t17-/m1/s1. The van der Waals surface area contributed by atoms with Crippen LogP contribution in [0, 0.1) is 11.8 Å². The molecule has 1 aliphatic heterocycles. The number of hydrogen-bond donors (Lipinski definition) is 0. The van der Waals surface area contributed by atoms with Crippen molar-refractivity contribution < 1.29 is 4.79 Å². The summed E-state index contributed by atoms with van der Waals surface area (Å²) >= 11 is 5.87. The molecule has 1 amide bonds. The number of rotatable bonds is 4. The van der Waals surface area contributed by atoms with Gasteiger partial charge in [0, 0.05) is 38.4 Å². The highest BCUT2D eigenvalue weighted by Crippen LogP contribution is 2.32. The molecule has 3 rings (SSSR count). The van der Waals surface area contributed by atoms with Gasteiger partial charge in [-0.3, -0.25) is 9.69 Å². The van der Waals surface area contributed by atoms with Crippen molar-refractivity contribution in [3.8, 4) is 0 Å². The smallest absolute Gasteiger partial charge is 0.272 e. The van der Waals surface area contributed by atoms with Gasteiger partial charge in [-0.05, 0) is 43.2 Å². The molecule has 0 spiro atoms. The molecule has 0 aromatic carbocycles. The van der Waals surface area contributed by atoms with Gasteiger partial charge in [0.25, 0.3) is 5.91 Å². The SMILES string of the molecule is CC(C)[C@H]1CN(C(=O)c2ccc(Cl)cn2)CCCN1CC1CC1. The predicted octanol–water partition coefficient (Wildman–Crippen LogP) is 3.32. The van der Waals surface area contributed by atoms with E-state index in [0.29, 0.717) is 22.7 Å². The first-order chi connectivity index (χ1) is 11.0. The van der Waals surface area contributed by atoms with E-state index in [2.05, 4.69) is 23.7 Å². The Labute approximate surface area is 143 Å². The second-order valence-corrected chi connectivity index (χ2v) is 7.65. The van der Waals surface area contributed by atoms with Gasteiger partial charge < -0.3 is 4.90 Å². The number of aromatic nitrogens is 1. The summed E-state index contributed by atoms with van der Waals surface area (Å²) in [6.07, 6.45) is 5.33. The molecular formula is C18H26ClN3O. The Morgan fingerprint density at radius 1 is 1.35 bits per heavy atom. The average molecular weight is 336 g/mol. The fourth-order valence-corrected chi connectivity index (χ4v) is 3.51. The first kappa shape index (κ1) is 16.7. The zero-order chi connectivity index (χ0) is 16.4. The Hall–Kier alpha value is -1.13. The van der Waals surface area contributed by atoms with Gasteiger partial charge in [0.1, 0.15) is 5.69 Å². The Morgan fingerprint density at radius 3 is 2.74 bits per heavy atom. The van der Waals surface area contributed by atoms with Gasteiger partial charge in [0.05, 0.1) is 5.02 Å². The van der Waals surface area contributed by atoms with E-state index in [4.69, 9.17) is 11.6 Å². The lowest BCUT2D eigenvalue weighted by molar-refractivity contribution is 0.0698. The fourth-order valence-electron chi connectivity index (χ4n) is 3.40. The third-order valence-corrected chi connectivity index (χ3v) is 5.17. The number of carbonyl (C=O) groups excluding carboxylic acids is 1. The zero-order valence-electron chi connectivity index (χ0n) is 14.0. The van der Waals surface area contributed by atoms with Crippen LogP contribution in [-0.2, 0) is 0 Å². The number of amides is 1. The molecule has 1 saturated heterocycles. The van der Waals surface area contributed by atoms with Crippen molar-refractivity contribution in [2.45, 2.75) is 39.2 Å². The molecule has 23 heavy (non-hydrogen) atoms. The van der Waals surface area contributed by atoms with E-state index in [1.165, 1.54) is 19.4 Å². The highest BCUT2D eigenvalue weighted by atomic mass is 35.5. The van der Waals surface area contributed by atoms with Crippen molar-refractivity contribution in [1.29, 1.82) is 0 Å². The number of hydrogen-bond acceptors (Lipinski definition) is 3. The van der Waals surface area contributed by atoms with Crippen LogP contribution in [0.2, 0.25) is 5.02 Å². The molecule has 5 heteroatoms. The lowest BCUT2D eigenvalue weighted by Crippen LogP contribution is -2.46. The molecule has 0 N–H and O–H groups in total. The second-order valence-electron chi connectivity index (χ2n) is 7.22. The molecule has 1 aromatic heterocycles. The van der Waals surface area contributed by atoms with Crippen LogP contribution < -0.4 is 0 Å². The molecule has 1 aromatic rings. The van der Waals surface area contributed by atoms with Crippen molar-refractivity contribution in [1.82, 2.24) is 14.8 Å². The predicted molar refractivity (Wildman–Crippen MR) is 92.7 cm³/mol. The maximum atomic E-state index is 12.8. The summed E-state index contributed by atoms with van der Waals surface area (Å²) in [7, 11) is 0. The summed E-state index contributed by atoms with van der Waals surface area (Å²) in [6.45, 7) is 8.43. The molecule has 0 unspecified atom stereocenters. The van der Waals surface area contributed by atoms with Crippen LogP contribution in [0.4, 0.5) is 0 Å². The molecular weight excluding hydrogens is 310 g/mol. The van der Waals surface area contributed by atoms with Crippen molar-refractivity contribution in [3.63, 3.8) is 0 Å². The fraction of sp³-hybridized carbons (Fsp3) is 0.667. The highest BCUT2D eigenvalue weighted by Gasteiger charge is 2.33. The lowest BCUT2D eigenvalue weighted by atomic mass is 10.0. The molecule has 2 heterocycles. The summed E-state index contributed by atoms with van der Waals surface area (Å²) < 4.78 is 0. The van der Waals surface area contributed by atoms with Gasteiger partial charge in [-0.1, -0.05) is 25.4 Å². The number of nitrogens with zero attached hydrogens (tertiary/aromatic N) is 3. The first-order valence-electron chi connectivity index (χ1n) is 8.69. The Kier molecular flexibility index (Phi) is 5.22. The van der Waals surface area contributed by atoms with Crippen LogP contribution >= 0.6 is 11.6 Å². The molecule has 4 nitrogen and oxygen atoms in total. The summed E-state index contributed by atoms with van der Waals surface area (Å²) in [5, 5.41) is 0.563. The highest BCUT2D eigenvalue weighted by molar-refractivity contribution is 6.30. The zero-order valence-corrected chi connectivity index (χ0v) is 14.8. The summed E-state index contributed by atoms with van der Waals surface area (Å²) in [5.41, 5.74) is 0.493. The maximum absolute atomic E-state index is 12.8. The molecule has 0 radical (unpaired) electrons. The van der Waals surface area contributed by atoms with E-state index >= 15 is 0 Å². The number of pyridine rings is 1. The topological polar surface area (TPSA) is 36.4 Å². The third kappa shape index (κ3) is 4.24. The molecule has 1 aliphatic carbocycles. The van der Waals surface area contributed by atoms with Crippen LogP contribution in [0.1, 0.15) is 43.6 Å². The van der Waals surface area contributed by atoms with Gasteiger partial charge in [0.2, 0.25) is 0 Å². The summed E-state index contributed by atoms with van der Waals surface area (Å²) in [4.78, 5) is 21.6. The summed E-state index contributed by atoms with van der Waals surface area (Å²) in [6, 6.07) is 3.90. The van der Waals surface area contributed by atoms with Crippen LogP contribution in [0.15, 0.2) is 18.3 Å². The second kappa shape index (κ2) is 7.18. The van der Waals surface area contributed by atoms with Crippen LogP contribution in [0.3, 0.4) is 0 Å². The Bertz CT molecular complexity index is 542. The minimum Gasteiger partial charge on any atom is -0.336 e. The normalized spacial score (nSPS) is 23.1. The quantitative estimate of drug-likeness (QED) is 0.847. The largest absolute Gasteiger partial charge is 0.336 e. The van der Waals surface area contributed by atoms with Crippen LogP contribution in [0.5, 0.6) is 0 Å². The third-order valence-electron chi connectivity index (χ3n) is 4.94. The number of halogens is 1. The lowest BCUT2D eigenvalue weighted by Gasteiger charge is -2.34. The van der Waals surface area contributed by atoms with E-state index in [1.54, 1.807) is 18.3 Å². The molecule has 126 valence electrons. The molecule has 2 aliphatic rings. The monoisotopic (exact) mass is 335 g/mol. The number of carbonyl (C=O) groups is 1. The van der Waals surface area contributed by atoms with E-state index in [9.17, 15) is 4.79 Å². The van der Waals surface area contributed by atoms with Crippen molar-refractivity contribution in [3.05, 3.63) is 29.0 Å². The first-order valence-corrected chi connectivity index (χ1v) is 9.07. The van der Waals surface area contributed by atoms with Gasteiger partial charge >= 0.3 is 0 Å². The van der Waals surface area contributed by atoms with E-state index in [1.807, 2.05) is 4.90 Å². The van der Waals surface area contributed by atoms with Gasteiger partial charge in [-0.25, -0.2) is 4.98 Å². The Morgan fingerprint density at radius 2 is 2.13 bits per heavy atom. The molecule has 2 fully saturated rings. The van der Waals surface area contributed by atoms with Gasteiger partial charge in [-0.2, -0.15) is 0 Å². The average Bonchev–Trinajstić information content (AvgIpc) is 3.34. The van der Waals surface area contributed by atoms with Gasteiger partial charge in [0.15, 0.2) is 0 Å². The molecule has 1 saturated carbocycles. The van der Waals surface area contributed by atoms with E-state index in [0.717, 1.165) is 32.0 Å². The van der Waals surface area contributed by atoms with Gasteiger partial charge in [-0.15, -0.1) is 0 Å². The van der Waals surface area contributed by atoms with Crippen molar-refractivity contribution in [2.75, 3.05) is 26.2 Å². The summed E-state index contributed by atoms with van der Waals surface area (Å²) in [5.74, 6) is 1.46. The van der Waals surface area contributed by atoms with Crippen molar-refractivity contribution >= 4 is 17.5 Å². The van der Waals surface area contributed by atoms with E-state index in [-0.39, 0.29) is 5.91 Å².